The largest absolute Gasteiger partial charge is 0.497 e. The Hall–Kier alpha value is -1.29. The molecule has 4 heteroatoms. The lowest BCUT2D eigenvalue weighted by atomic mass is 10.1. The molecule has 0 heterocycles. The van der Waals surface area contributed by atoms with E-state index in [1.807, 2.05) is 12.1 Å². The molecule has 1 aromatic rings. The number of methoxy groups -OCH3 is 1. The van der Waals surface area contributed by atoms with Crippen LogP contribution in [0.1, 0.15) is 31.7 Å². The topological polar surface area (TPSA) is 33.3 Å². The van der Waals surface area contributed by atoms with Crippen LogP contribution in [0.5, 0.6) is 5.75 Å². The lowest BCUT2D eigenvalue weighted by Gasteiger charge is -2.16. The van der Waals surface area contributed by atoms with Gasteiger partial charge in [-0.15, -0.1) is 0 Å². The SMILES string of the molecule is COc1ccc(CCNC(=S)NC2CCC(C)C2)cc1. The van der Waals surface area contributed by atoms with Crippen molar-refractivity contribution in [3.8, 4) is 5.75 Å². The molecule has 0 saturated heterocycles. The number of benzene rings is 1. The highest BCUT2D eigenvalue weighted by atomic mass is 32.1. The monoisotopic (exact) mass is 292 g/mol. The fraction of sp³-hybridized carbons (Fsp3) is 0.562. The van der Waals surface area contributed by atoms with E-state index >= 15 is 0 Å². The minimum Gasteiger partial charge on any atom is -0.497 e. The van der Waals surface area contributed by atoms with Gasteiger partial charge in [-0.1, -0.05) is 19.1 Å². The summed E-state index contributed by atoms with van der Waals surface area (Å²) in [5.41, 5.74) is 1.29. The third-order valence-corrected chi connectivity index (χ3v) is 4.15. The molecule has 0 spiro atoms. The quantitative estimate of drug-likeness (QED) is 0.818. The Labute approximate surface area is 127 Å². The maximum absolute atomic E-state index is 5.34. The second-order valence-electron chi connectivity index (χ2n) is 5.61. The van der Waals surface area contributed by atoms with Crippen LogP contribution in [-0.4, -0.2) is 24.8 Å². The normalized spacial score (nSPS) is 21.5. The van der Waals surface area contributed by atoms with Crippen molar-refractivity contribution in [3.05, 3.63) is 29.8 Å². The first kappa shape index (κ1) is 15.1. The molecular formula is C16H24N2OS. The van der Waals surface area contributed by atoms with Gasteiger partial charge in [0.15, 0.2) is 5.11 Å². The summed E-state index contributed by atoms with van der Waals surface area (Å²) in [6, 6.07) is 8.73. The van der Waals surface area contributed by atoms with Gasteiger partial charge in [0, 0.05) is 12.6 Å². The lowest BCUT2D eigenvalue weighted by molar-refractivity contribution is 0.414. The van der Waals surface area contributed by atoms with Crippen LogP contribution in [0.3, 0.4) is 0 Å². The number of nitrogens with one attached hydrogen (secondary N) is 2. The number of rotatable bonds is 5. The fourth-order valence-corrected chi connectivity index (χ4v) is 2.96. The van der Waals surface area contributed by atoms with E-state index < -0.39 is 0 Å². The van der Waals surface area contributed by atoms with Crippen LogP contribution in [0.25, 0.3) is 0 Å². The zero-order chi connectivity index (χ0) is 14.4. The third-order valence-electron chi connectivity index (χ3n) is 3.89. The Morgan fingerprint density at radius 2 is 2.05 bits per heavy atom. The van der Waals surface area contributed by atoms with Crippen LogP contribution in [0.2, 0.25) is 0 Å². The molecule has 20 heavy (non-hydrogen) atoms. The maximum atomic E-state index is 5.34. The van der Waals surface area contributed by atoms with E-state index in [1.165, 1.54) is 24.8 Å². The molecule has 2 N–H and O–H groups in total. The first-order chi connectivity index (χ1) is 9.67. The molecule has 1 aliphatic rings. The van der Waals surface area contributed by atoms with E-state index in [1.54, 1.807) is 7.11 Å². The Bertz CT molecular complexity index is 433. The molecule has 0 aromatic heterocycles. The second kappa shape index (κ2) is 7.48. The fourth-order valence-electron chi connectivity index (χ4n) is 2.69. The van der Waals surface area contributed by atoms with E-state index in [0.29, 0.717) is 6.04 Å². The van der Waals surface area contributed by atoms with Gasteiger partial charge in [0.2, 0.25) is 0 Å². The average Bonchev–Trinajstić information content (AvgIpc) is 2.85. The molecule has 2 rings (SSSR count). The highest BCUT2D eigenvalue weighted by Crippen LogP contribution is 2.24. The molecule has 1 saturated carbocycles. The summed E-state index contributed by atoms with van der Waals surface area (Å²) in [4.78, 5) is 0. The number of hydrogen-bond donors (Lipinski definition) is 2. The van der Waals surface area contributed by atoms with Gasteiger partial charge < -0.3 is 15.4 Å². The number of thiocarbonyl (C=S) groups is 1. The zero-order valence-corrected chi connectivity index (χ0v) is 13.1. The molecule has 0 amide bonds. The van der Waals surface area contributed by atoms with Crippen LogP contribution < -0.4 is 15.4 Å². The molecule has 1 aromatic carbocycles. The smallest absolute Gasteiger partial charge is 0.166 e. The lowest BCUT2D eigenvalue weighted by Crippen LogP contribution is -2.41. The predicted molar refractivity (Wildman–Crippen MR) is 87.2 cm³/mol. The first-order valence-electron chi connectivity index (χ1n) is 7.34. The van der Waals surface area contributed by atoms with Crippen LogP contribution in [-0.2, 0) is 6.42 Å². The van der Waals surface area contributed by atoms with Gasteiger partial charge in [-0.25, -0.2) is 0 Å². The molecule has 2 atom stereocenters. The van der Waals surface area contributed by atoms with Crippen molar-refractivity contribution in [3.63, 3.8) is 0 Å². The van der Waals surface area contributed by atoms with Gasteiger partial charge >= 0.3 is 0 Å². The van der Waals surface area contributed by atoms with E-state index in [9.17, 15) is 0 Å². The van der Waals surface area contributed by atoms with E-state index in [4.69, 9.17) is 17.0 Å². The van der Waals surface area contributed by atoms with Crippen LogP contribution >= 0.6 is 12.2 Å². The van der Waals surface area contributed by atoms with Crippen LogP contribution in [0.15, 0.2) is 24.3 Å². The van der Waals surface area contributed by atoms with Gasteiger partial charge in [-0.05, 0) is 61.5 Å². The zero-order valence-electron chi connectivity index (χ0n) is 12.3. The third kappa shape index (κ3) is 4.67. The van der Waals surface area contributed by atoms with E-state index in [-0.39, 0.29) is 0 Å². The standard InChI is InChI=1S/C16H24N2OS/c1-12-3-6-14(11-12)18-16(20)17-10-9-13-4-7-15(19-2)8-5-13/h4-5,7-8,12,14H,3,6,9-11H2,1-2H3,(H2,17,18,20). The first-order valence-corrected chi connectivity index (χ1v) is 7.75. The minimum atomic E-state index is 0.561. The van der Waals surface area contributed by atoms with Crippen molar-refractivity contribution < 1.29 is 4.74 Å². The van der Waals surface area contributed by atoms with Gasteiger partial charge in [0.05, 0.1) is 7.11 Å². The summed E-state index contributed by atoms with van der Waals surface area (Å²) in [6.07, 6.45) is 4.75. The molecule has 110 valence electrons. The molecule has 3 nitrogen and oxygen atoms in total. The average molecular weight is 292 g/mol. The molecule has 2 unspecified atom stereocenters. The summed E-state index contributed by atoms with van der Waals surface area (Å²) < 4.78 is 5.15. The molecule has 0 radical (unpaired) electrons. The van der Waals surface area contributed by atoms with Crippen LogP contribution in [0.4, 0.5) is 0 Å². The van der Waals surface area contributed by atoms with Gasteiger partial charge in [-0.2, -0.15) is 0 Å². The molecular weight excluding hydrogens is 268 g/mol. The highest BCUT2D eigenvalue weighted by Gasteiger charge is 2.21. The Morgan fingerprint density at radius 3 is 2.65 bits per heavy atom. The van der Waals surface area contributed by atoms with Crippen molar-refractivity contribution >= 4 is 17.3 Å². The van der Waals surface area contributed by atoms with Crippen molar-refractivity contribution in [1.29, 1.82) is 0 Å². The summed E-state index contributed by atoms with van der Waals surface area (Å²) >= 11 is 5.34. The number of hydrogen-bond acceptors (Lipinski definition) is 2. The van der Waals surface area contributed by atoms with Gasteiger partial charge in [0.1, 0.15) is 5.75 Å². The van der Waals surface area contributed by atoms with Crippen molar-refractivity contribution in [2.45, 2.75) is 38.6 Å². The van der Waals surface area contributed by atoms with E-state index in [0.717, 1.165) is 29.7 Å². The summed E-state index contributed by atoms with van der Waals surface area (Å²) in [5, 5.41) is 7.49. The molecule has 0 bridgehead atoms. The predicted octanol–water partition coefficient (Wildman–Crippen LogP) is 2.89. The van der Waals surface area contributed by atoms with Gasteiger partial charge in [0.25, 0.3) is 0 Å². The summed E-state index contributed by atoms with van der Waals surface area (Å²) in [7, 11) is 1.69. The second-order valence-corrected chi connectivity index (χ2v) is 6.02. The summed E-state index contributed by atoms with van der Waals surface area (Å²) in [6.45, 7) is 3.17. The van der Waals surface area contributed by atoms with Crippen LogP contribution in [0, 0.1) is 5.92 Å². The van der Waals surface area contributed by atoms with Crippen molar-refractivity contribution in [2.75, 3.05) is 13.7 Å². The molecule has 1 fully saturated rings. The Balaban J connectivity index is 1.65. The molecule has 1 aliphatic carbocycles. The molecule has 0 aliphatic heterocycles. The van der Waals surface area contributed by atoms with E-state index in [2.05, 4.69) is 29.7 Å². The number of ether oxygens (including phenoxy) is 1. The maximum Gasteiger partial charge on any atom is 0.166 e. The van der Waals surface area contributed by atoms with Crippen molar-refractivity contribution in [1.82, 2.24) is 10.6 Å². The Kier molecular flexibility index (Phi) is 5.65. The Morgan fingerprint density at radius 1 is 1.30 bits per heavy atom. The highest BCUT2D eigenvalue weighted by molar-refractivity contribution is 7.80. The minimum absolute atomic E-state index is 0.561. The summed E-state index contributed by atoms with van der Waals surface area (Å²) in [5.74, 6) is 1.73. The van der Waals surface area contributed by atoms with Gasteiger partial charge in [-0.3, -0.25) is 0 Å². The van der Waals surface area contributed by atoms with Crippen molar-refractivity contribution in [2.24, 2.45) is 5.92 Å².